The predicted octanol–water partition coefficient (Wildman–Crippen LogP) is 3.84. The number of fused-ring (bicyclic) bond motifs is 1. The molecule has 19 heavy (non-hydrogen) atoms. The van der Waals surface area contributed by atoms with E-state index in [0.29, 0.717) is 22.4 Å². The lowest BCUT2D eigenvalue weighted by atomic mass is 10.2. The molecule has 3 aromatic rings. The number of nitrogens with one attached hydrogen (secondary N) is 1. The lowest BCUT2D eigenvalue weighted by Crippen LogP contribution is -2.11. The van der Waals surface area contributed by atoms with Crippen LogP contribution in [0.4, 0.5) is 5.69 Å². The SMILES string of the molecule is O=C(Nc1ccc2ocnc2c1)c1ccc(Br)cc1. The van der Waals surface area contributed by atoms with Crippen molar-refractivity contribution >= 4 is 38.6 Å². The highest BCUT2D eigenvalue weighted by Gasteiger charge is 2.07. The average molecular weight is 317 g/mol. The van der Waals surface area contributed by atoms with Crippen LogP contribution < -0.4 is 5.32 Å². The summed E-state index contributed by atoms with van der Waals surface area (Å²) >= 11 is 3.33. The second-order valence-corrected chi connectivity index (χ2v) is 4.91. The van der Waals surface area contributed by atoms with E-state index >= 15 is 0 Å². The summed E-state index contributed by atoms with van der Waals surface area (Å²) in [5.41, 5.74) is 2.70. The highest BCUT2D eigenvalue weighted by atomic mass is 79.9. The molecule has 0 radical (unpaired) electrons. The average Bonchev–Trinajstić information content (AvgIpc) is 2.87. The van der Waals surface area contributed by atoms with E-state index in [0.717, 1.165) is 4.47 Å². The van der Waals surface area contributed by atoms with Crippen molar-refractivity contribution in [3.8, 4) is 0 Å². The molecule has 4 nitrogen and oxygen atoms in total. The van der Waals surface area contributed by atoms with Crippen LogP contribution in [0.25, 0.3) is 11.1 Å². The first-order valence-electron chi connectivity index (χ1n) is 5.62. The largest absolute Gasteiger partial charge is 0.443 e. The quantitative estimate of drug-likeness (QED) is 0.781. The Balaban J connectivity index is 1.83. The molecule has 0 saturated heterocycles. The first kappa shape index (κ1) is 11.9. The maximum Gasteiger partial charge on any atom is 0.255 e. The van der Waals surface area contributed by atoms with Gasteiger partial charge >= 0.3 is 0 Å². The van der Waals surface area contributed by atoms with Crippen LogP contribution in [-0.2, 0) is 0 Å². The summed E-state index contributed by atoms with van der Waals surface area (Å²) in [7, 11) is 0. The molecule has 0 unspecified atom stereocenters. The monoisotopic (exact) mass is 316 g/mol. The van der Waals surface area contributed by atoms with Gasteiger partial charge in [0.15, 0.2) is 12.0 Å². The third-order valence-electron chi connectivity index (χ3n) is 2.69. The van der Waals surface area contributed by atoms with Crippen LogP contribution in [0.2, 0.25) is 0 Å². The summed E-state index contributed by atoms with van der Waals surface area (Å²) < 4.78 is 6.08. The summed E-state index contributed by atoms with van der Waals surface area (Å²) in [6, 6.07) is 12.5. The number of carbonyl (C=O) groups excluding carboxylic acids is 1. The summed E-state index contributed by atoms with van der Waals surface area (Å²) in [6.45, 7) is 0. The Morgan fingerprint density at radius 3 is 2.74 bits per heavy atom. The summed E-state index contributed by atoms with van der Waals surface area (Å²) in [6.07, 6.45) is 1.38. The predicted molar refractivity (Wildman–Crippen MR) is 76.1 cm³/mol. The van der Waals surface area contributed by atoms with E-state index in [9.17, 15) is 4.79 Å². The smallest absolute Gasteiger partial charge is 0.255 e. The molecule has 0 saturated carbocycles. The molecular formula is C14H9BrN2O2. The molecule has 1 amide bonds. The third kappa shape index (κ3) is 2.51. The van der Waals surface area contributed by atoms with Gasteiger partial charge in [-0.2, -0.15) is 0 Å². The zero-order valence-corrected chi connectivity index (χ0v) is 11.3. The number of hydrogen-bond acceptors (Lipinski definition) is 3. The second-order valence-electron chi connectivity index (χ2n) is 4.00. The van der Waals surface area contributed by atoms with Crippen LogP contribution in [0, 0.1) is 0 Å². The van der Waals surface area contributed by atoms with Gasteiger partial charge in [0, 0.05) is 15.7 Å². The number of rotatable bonds is 2. The van der Waals surface area contributed by atoms with Crippen molar-refractivity contribution in [2.75, 3.05) is 5.32 Å². The minimum Gasteiger partial charge on any atom is -0.443 e. The minimum absolute atomic E-state index is 0.157. The zero-order valence-electron chi connectivity index (χ0n) is 9.76. The molecule has 0 bridgehead atoms. The van der Waals surface area contributed by atoms with Crippen LogP contribution in [-0.4, -0.2) is 10.9 Å². The highest BCUT2D eigenvalue weighted by Crippen LogP contribution is 2.18. The third-order valence-corrected chi connectivity index (χ3v) is 3.22. The van der Waals surface area contributed by atoms with Crippen LogP contribution in [0.3, 0.4) is 0 Å². The molecule has 0 aliphatic heterocycles. The zero-order chi connectivity index (χ0) is 13.2. The van der Waals surface area contributed by atoms with E-state index < -0.39 is 0 Å². The Hall–Kier alpha value is -2.14. The van der Waals surface area contributed by atoms with Crippen molar-refractivity contribution in [3.63, 3.8) is 0 Å². The van der Waals surface area contributed by atoms with Crippen molar-refractivity contribution in [1.29, 1.82) is 0 Å². The summed E-state index contributed by atoms with van der Waals surface area (Å²) in [4.78, 5) is 16.1. The van der Waals surface area contributed by atoms with Crippen molar-refractivity contribution in [3.05, 3.63) is 58.9 Å². The molecule has 5 heteroatoms. The maximum absolute atomic E-state index is 12.0. The highest BCUT2D eigenvalue weighted by molar-refractivity contribution is 9.10. The lowest BCUT2D eigenvalue weighted by Gasteiger charge is -2.05. The normalized spacial score (nSPS) is 10.6. The van der Waals surface area contributed by atoms with Gasteiger partial charge in [-0.05, 0) is 42.5 Å². The summed E-state index contributed by atoms with van der Waals surface area (Å²) in [5, 5.41) is 2.82. The Labute approximate surface area is 117 Å². The van der Waals surface area contributed by atoms with E-state index in [-0.39, 0.29) is 5.91 Å². The van der Waals surface area contributed by atoms with Crippen molar-refractivity contribution in [2.24, 2.45) is 0 Å². The molecule has 1 heterocycles. The molecule has 1 N–H and O–H groups in total. The fourth-order valence-electron chi connectivity index (χ4n) is 1.74. The van der Waals surface area contributed by atoms with Gasteiger partial charge < -0.3 is 9.73 Å². The van der Waals surface area contributed by atoms with Gasteiger partial charge in [-0.1, -0.05) is 15.9 Å². The number of oxazole rings is 1. The second kappa shape index (κ2) is 4.85. The maximum atomic E-state index is 12.0. The molecule has 0 fully saturated rings. The Morgan fingerprint density at radius 1 is 1.16 bits per heavy atom. The molecule has 0 aliphatic rings. The summed E-state index contributed by atoms with van der Waals surface area (Å²) in [5.74, 6) is -0.157. The van der Waals surface area contributed by atoms with E-state index in [1.165, 1.54) is 6.39 Å². The van der Waals surface area contributed by atoms with Gasteiger partial charge in [0.25, 0.3) is 5.91 Å². The van der Waals surface area contributed by atoms with Gasteiger partial charge in [0.05, 0.1) is 0 Å². The van der Waals surface area contributed by atoms with Crippen molar-refractivity contribution in [2.45, 2.75) is 0 Å². The number of carbonyl (C=O) groups is 1. The molecule has 0 atom stereocenters. The molecule has 0 spiro atoms. The van der Waals surface area contributed by atoms with Gasteiger partial charge in [0.2, 0.25) is 0 Å². The van der Waals surface area contributed by atoms with E-state index in [1.807, 2.05) is 12.1 Å². The number of benzene rings is 2. The Bertz CT molecular complexity index is 735. The number of aromatic nitrogens is 1. The van der Waals surface area contributed by atoms with Gasteiger partial charge in [-0.3, -0.25) is 4.79 Å². The number of amides is 1. The Morgan fingerprint density at radius 2 is 1.95 bits per heavy atom. The number of hydrogen-bond donors (Lipinski definition) is 1. The minimum atomic E-state index is -0.157. The van der Waals surface area contributed by atoms with Gasteiger partial charge in [-0.25, -0.2) is 4.98 Å². The molecule has 0 aliphatic carbocycles. The van der Waals surface area contributed by atoms with Gasteiger partial charge in [-0.15, -0.1) is 0 Å². The number of nitrogens with zero attached hydrogens (tertiary/aromatic N) is 1. The van der Waals surface area contributed by atoms with Crippen molar-refractivity contribution < 1.29 is 9.21 Å². The fourth-order valence-corrected chi connectivity index (χ4v) is 2.00. The van der Waals surface area contributed by atoms with Gasteiger partial charge in [0.1, 0.15) is 5.52 Å². The van der Waals surface area contributed by atoms with Crippen LogP contribution >= 0.6 is 15.9 Å². The Kier molecular flexibility index (Phi) is 3.05. The molecule has 94 valence electrons. The van der Waals surface area contributed by atoms with Crippen LogP contribution in [0.5, 0.6) is 0 Å². The van der Waals surface area contributed by atoms with Crippen LogP contribution in [0.1, 0.15) is 10.4 Å². The van der Waals surface area contributed by atoms with E-state index in [2.05, 4.69) is 26.2 Å². The standard InChI is InChI=1S/C14H9BrN2O2/c15-10-3-1-9(2-4-10)14(18)17-11-5-6-13-12(7-11)16-8-19-13/h1-8H,(H,17,18). The molecule has 2 aromatic carbocycles. The molecule has 1 aromatic heterocycles. The number of halogens is 1. The van der Waals surface area contributed by atoms with Crippen molar-refractivity contribution in [1.82, 2.24) is 4.98 Å². The van der Waals surface area contributed by atoms with E-state index in [4.69, 9.17) is 4.42 Å². The topological polar surface area (TPSA) is 55.1 Å². The lowest BCUT2D eigenvalue weighted by molar-refractivity contribution is 0.102. The van der Waals surface area contributed by atoms with E-state index in [1.54, 1.807) is 30.3 Å². The first-order valence-corrected chi connectivity index (χ1v) is 6.42. The fraction of sp³-hybridized carbons (Fsp3) is 0. The molecule has 3 rings (SSSR count). The first-order chi connectivity index (χ1) is 9.22. The number of anilines is 1. The van der Waals surface area contributed by atoms with Crippen LogP contribution in [0.15, 0.2) is 57.7 Å². The molecular weight excluding hydrogens is 308 g/mol.